The van der Waals surface area contributed by atoms with E-state index in [1.54, 1.807) is 0 Å². The Kier molecular flexibility index (Phi) is 24.4. The van der Waals surface area contributed by atoms with Gasteiger partial charge in [0.15, 0.2) is 0 Å². The van der Waals surface area contributed by atoms with Crippen LogP contribution in [0, 0.1) is 0 Å². The number of carbonyl (C=O) groups is 1. The van der Waals surface area contributed by atoms with Crippen LogP contribution in [0.5, 0.6) is 0 Å². The summed E-state index contributed by atoms with van der Waals surface area (Å²) >= 11 is 0. The first-order chi connectivity index (χ1) is 11.1. The predicted molar refractivity (Wildman–Crippen MR) is 99.8 cm³/mol. The van der Waals surface area contributed by atoms with Gasteiger partial charge in [-0.25, -0.2) is 0 Å². The van der Waals surface area contributed by atoms with E-state index in [2.05, 4.69) is 31.2 Å². The highest BCUT2D eigenvalue weighted by molar-refractivity contribution is 5.62. The fraction of sp³-hybridized carbons (Fsp3) is 0.750. The quantitative estimate of drug-likeness (QED) is 0.309. The van der Waals surface area contributed by atoms with Gasteiger partial charge in [-0.3, -0.25) is 4.79 Å². The van der Waals surface area contributed by atoms with Gasteiger partial charge in [-0.05, 0) is 38.5 Å². The Labute approximate surface area is 143 Å². The molecule has 0 unspecified atom stereocenters. The minimum atomic E-state index is -0.833. The Balaban J connectivity index is 0. The molecule has 0 amide bonds. The third kappa shape index (κ3) is 33.6. The van der Waals surface area contributed by atoms with Crippen molar-refractivity contribution in [2.45, 2.75) is 90.9 Å². The van der Waals surface area contributed by atoms with E-state index in [4.69, 9.17) is 15.0 Å². The molecule has 0 aromatic carbocycles. The Bertz CT molecular complexity index is 257. The van der Waals surface area contributed by atoms with E-state index in [9.17, 15) is 0 Å². The Morgan fingerprint density at radius 2 is 1.09 bits per heavy atom. The first-order valence-corrected chi connectivity index (χ1v) is 9.25. The summed E-state index contributed by atoms with van der Waals surface area (Å²) in [7, 11) is 0. The molecule has 0 aliphatic carbocycles. The lowest BCUT2D eigenvalue weighted by Crippen LogP contribution is -1.80. The van der Waals surface area contributed by atoms with Crippen molar-refractivity contribution in [2.75, 3.05) is 6.61 Å². The van der Waals surface area contributed by atoms with Crippen molar-refractivity contribution >= 4 is 5.97 Å². The summed E-state index contributed by atoms with van der Waals surface area (Å²) in [5.41, 5.74) is 0. The molecule has 0 aliphatic rings. The smallest absolute Gasteiger partial charge is 0.300 e. The number of carboxylic acid groups (broad SMARTS) is 1. The summed E-state index contributed by atoms with van der Waals surface area (Å²) in [6.07, 6.45) is 24.4. The number of hydrogen-bond acceptors (Lipinski definition) is 2. The highest BCUT2D eigenvalue weighted by atomic mass is 16.4. The normalized spacial score (nSPS) is 10.9. The summed E-state index contributed by atoms with van der Waals surface area (Å²) in [6, 6.07) is 0. The molecule has 0 aliphatic heterocycles. The second kappa shape index (κ2) is 23.2. The lowest BCUT2D eigenvalue weighted by atomic mass is 10.1. The lowest BCUT2D eigenvalue weighted by Gasteiger charge is -2.00. The maximum Gasteiger partial charge on any atom is 0.300 e. The van der Waals surface area contributed by atoms with Crippen LogP contribution in [0.1, 0.15) is 90.9 Å². The van der Waals surface area contributed by atoms with Gasteiger partial charge in [-0.2, -0.15) is 0 Å². The van der Waals surface area contributed by atoms with Crippen LogP contribution >= 0.6 is 0 Å². The van der Waals surface area contributed by atoms with E-state index in [0.717, 1.165) is 13.3 Å². The van der Waals surface area contributed by atoms with Crippen LogP contribution in [0.15, 0.2) is 24.3 Å². The van der Waals surface area contributed by atoms with Crippen molar-refractivity contribution in [3.8, 4) is 0 Å². The molecule has 0 aromatic rings. The molecule has 136 valence electrons. The molecule has 0 bridgehead atoms. The third-order valence-electron chi connectivity index (χ3n) is 3.33. The van der Waals surface area contributed by atoms with Gasteiger partial charge in [0.2, 0.25) is 0 Å². The minimum absolute atomic E-state index is 0.282. The fourth-order valence-electron chi connectivity index (χ4n) is 2.12. The van der Waals surface area contributed by atoms with Gasteiger partial charge in [0.1, 0.15) is 0 Å². The van der Waals surface area contributed by atoms with Crippen molar-refractivity contribution < 1.29 is 15.0 Å². The van der Waals surface area contributed by atoms with Crippen LogP contribution < -0.4 is 0 Å². The van der Waals surface area contributed by atoms with Gasteiger partial charge in [0.05, 0.1) is 0 Å². The highest BCUT2D eigenvalue weighted by Gasteiger charge is 1.90. The van der Waals surface area contributed by atoms with E-state index in [1.165, 1.54) is 70.6 Å². The van der Waals surface area contributed by atoms with Crippen molar-refractivity contribution in [3.05, 3.63) is 24.3 Å². The molecule has 0 radical (unpaired) electrons. The maximum absolute atomic E-state index is 9.00. The summed E-state index contributed by atoms with van der Waals surface area (Å²) in [5, 5.41) is 16.0. The van der Waals surface area contributed by atoms with E-state index < -0.39 is 5.97 Å². The van der Waals surface area contributed by atoms with Gasteiger partial charge in [0.25, 0.3) is 5.97 Å². The zero-order chi connectivity index (χ0) is 17.6. The average molecular weight is 327 g/mol. The summed E-state index contributed by atoms with van der Waals surface area (Å²) in [6.45, 7) is 3.59. The van der Waals surface area contributed by atoms with E-state index in [0.29, 0.717) is 0 Å². The summed E-state index contributed by atoms with van der Waals surface area (Å²) < 4.78 is 0. The van der Waals surface area contributed by atoms with Crippen molar-refractivity contribution in [1.82, 2.24) is 0 Å². The van der Waals surface area contributed by atoms with Crippen molar-refractivity contribution in [1.29, 1.82) is 0 Å². The number of aliphatic hydroxyl groups excluding tert-OH is 1. The second-order valence-electron chi connectivity index (χ2n) is 5.82. The van der Waals surface area contributed by atoms with Gasteiger partial charge in [-0.15, -0.1) is 0 Å². The molecule has 3 nitrogen and oxygen atoms in total. The molecule has 0 atom stereocenters. The molecule has 0 saturated heterocycles. The number of carboxylic acids is 1. The summed E-state index contributed by atoms with van der Waals surface area (Å²) in [4.78, 5) is 9.00. The Hall–Kier alpha value is -1.09. The number of hydrogen-bond donors (Lipinski definition) is 2. The Morgan fingerprint density at radius 1 is 0.739 bits per heavy atom. The molecular weight excluding hydrogens is 288 g/mol. The first-order valence-electron chi connectivity index (χ1n) is 9.25. The molecule has 0 heterocycles. The fourth-order valence-corrected chi connectivity index (χ4v) is 2.12. The SMILES string of the molecule is CC(=O)O.CCC/C=C/CCCCCCCCC/C=C/CCO. The van der Waals surface area contributed by atoms with E-state index in [-0.39, 0.29) is 6.61 Å². The maximum atomic E-state index is 9.00. The molecule has 3 heteroatoms. The van der Waals surface area contributed by atoms with Crippen LogP contribution in [0.25, 0.3) is 0 Å². The number of rotatable bonds is 14. The minimum Gasteiger partial charge on any atom is -0.481 e. The van der Waals surface area contributed by atoms with E-state index >= 15 is 0 Å². The number of unbranched alkanes of at least 4 members (excludes halogenated alkanes) is 9. The lowest BCUT2D eigenvalue weighted by molar-refractivity contribution is -0.134. The molecule has 0 rings (SSSR count). The van der Waals surface area contributed by atoms with Crippen LogP contribution in [0.3, 0.4) is 0 Å². The van der Waals surface area contributed by atoms with Crippen LogP contribution in [0.4, 0.5) is 0 Å². The standard InChI is InChI=1S/C18H34O.C2H4O2/c1-2-3-4-5-6-7-8-9-10-11-12-13-14-15-16-17-18-19;1-2(3)4/h4-5,15-16,19H,2-3,6-14,17-18H2,1H3;1H3,(H,3,4)/b5-4+,16-15+;. The average Bonchev–Trinajstić information content (AvgIpc) is 2.50. The summed E-state index contributed by atoms with van der Waals surface area (Å²) in [5.74, 6) is -0.833. The van der Waals surface area contributed by atoms with Gasteiger partial charge in [-0.1, -0.05) is 69.8 Å². The molecule has 23 heavy (non-hydrogen) atoms. The van der Waals surface area contributed by atoms with Crippen molar-refractivity contribution in [3.63, 3.8) is 0 Å². The van der Waals surface area contributed by atoms with Gasteiger partial charge in [0, 0.05) is 13.5 Å². The highest BCUT2D eigenvalue weighted by Crippen LogP contribution is 2.10. The van der Waals surface area contributed by atoms with Gasteiger partial charge < -0.3 is 10.2 Å². The van der Waals surface area contributed by atoms with Crippen molar-refractivity contribution in [2.24, 2.45) is 0 Å². The third-order valence-corrected chi connectivity index (χ3v) is 3.33. The largest absolute Gasteiger partial charge is 0.481 e. The number of aliphatic hydroxyl groups is 1. The molecule has 0 saturated carbocycles. The Morgan fingerprint density at radius 3 is 1.48 bits per heavy atom. The second-order valence-corrected chi connectivity index (χ2v) is 5.82. The van der Waals surface area contributed by atoms with E-state index in [1.807, 2.05) is 0 Å². The molecule has 0 aromatic heterocycles. The monoisotopic (exact) mass is 326 g/mol. The molecule has 0 spiro atoms. The number of aliphatic carboxylic acids is 1. The van der Waals surface area contributed by atoms with Crippen LogP contribution in [0.2, 0.25) is 0 Å². The zero-order valence-electron chi connectivity index (χ0n) is 15.3. The topological polar surface area (TPSA) is 57.5 Å². The van der Waals surface area contributed by atoms with Crippen LogP contribution in [-0.4, -0.2) is 22.8 Å². The number of allylic oxidation sites excluding steroid dienone is 3. The predicted octanol–water partition coefficient (Wildman–Crippen LogP) is 5.88. The molecule has 0 fully saturated rings. The molecule has 2 N–H and O–H groups in total. The molecular formula is C20H38O3. The van der Waals surface area contributed by atoms with Gasteiger partial charge >= 0.3 is 0 Å². The first kappa shape index (κ1) is 24.2. The zero-order valence-corrected chi connectivity index (χ0v) is 15.3. The van der Waals surface area contributed by atoms with Crippen LogP contribution in [-0.2, 0) is 4.79 Å².